The van der Waals surface area contributed by atoms with Gasteiger partial charge in [-0.05, 0) is 57.2 Å². The first kappa shape index (κ1) is 20.6. The van der Waals surface area contributed by atoms with E-state index in [1.165, 1.54) is 0 Å². The molecule has 0 bridgehead atoms. The van der Waals surface area contributed by atoms with Crippen molar-refractivity contribution in [1.29, 1.82) is 0 Å². The monoisotopic (exact) mass is 419 g/mol. The van der Waals surface area contributed by atoms with E-state index in [-0.39, 0.29) is 6.54 Å². The highest BCUT2D eigenvalue weighted by molar-refractivity contribution is 6.36. The van der Waals surface area contributed by atoms with Crippen molar-refractivity contribution in [3.63, 3.8) is 0 Å². The molecule has 3 rings (SSSR count). The molecule has 1 aliphatic heterocycles. The number of carboxylic acids is 1. The van der Waals surface area contributed by atoms with Crippen LogP contribution in [0.1, 0.15) is 24.0 Å². The highest BCUT2D eigenvalue weighted by Gasteiger charge is 2.20. The van der Waals surface area contributed by atoms with Crippen LogP contribution in [0.2, 0.25) is 10.0 Å². The summed E-state index contributed by atoms with van der Waals surface area (Å²) < 4.78 is 0. The van der Waals surface area contributed by atoms with E-state index in [0.717, 1.165) is 37.2 Å². The predicted molar refractivity (Wildman–Crippen MR) is 115 cm³/mol. The van der Waals surface area contributed by atoms with Crippen LogP contribution < -0.4 is 5.32 Å². The Hall–Kier alpha value is -2.08. The van der Waals surface area contributed by atoms with Gasteiger partial charge in [0, 0.05) is 32.9 Å². The molecular weight excluding hydrogens is 397 g/mol. The lowest BCUT2D eigenvalue weighted by Crippen LogP contribution is -2.37. The fourth-order valence-corrected chi connectivity index (χ4v) is 3.72. The third-order valence-corrected chi connectivity index (χ3v) is 5.38. The molecule has 1 fully saturated rings. The van der Waals surface area contributed by atoms with Crippen LogP contribution >= 0.6 is 23.2 Å². The molecule has 1 heterocycles. The van der Waals surface area contributed by atoms with E-state index in [9.17, 15) is 4.79 Å². The minimum Gasteiger partial charge on any atom is -0.480 e. The summed E-state index contributed by atoms with van der Waals surface area (Å²) in [4.78, 5) is 17.8. The number of nitrogens with zero attached hydrogens (tertiary/aromatic N) is 2. The normalized spacial score (nSPS) is 16.2. The van der Waals surface area contributed by atoms with Gasteiger partial charge in [-0.1, -0.05) is 41.4 Å². The number of hydrogen-bond acceptors (Lipinski definition) is 4. The fourth-order valence-electron chi connectivity index (χ4n) is 3.33. The van der Waals surface area contributed by atoms with Gasteiger partial charge in [0.1, 0.15) is 6.54 Å². The van der Waals surface area contributed by atoms with Crippen LogP contribution in [0.4, 0.5) is 5.69 Å². The first-order chi connectivity index (χ1) is 13.4. The lowest BCUT2D eigenvalue weighted by Gasteiger charge is -2.31. The van der Waals surface area contributed by atoms with Crippen molar-refractivity contribution in [2.24, 2.45) is 4.99 Å². The highest BCUT2D eigenvalue weighted by Crippen LogP contribution is 2.29. The number of likely N-dealkylation sites (tertiary alicyclic amines) is 1. The molecule has 0 saturated carbocycles. The number of carbonyl (C=O) groups is 1. The minimum atomic E-state index is -1.00. The molecule has 7 heteroatoms. The Morgan fingerprint density at radius 2 is 1.89 bits per heavy atom. The van der Waals surface area contributed by atoms with Crippen molar-refractivity contribution in [1.82, 2.24) is 4.90 Å². The molecule has 0 aliphatic carbocycles. The Morgan fingerprint density at radius 3 is 2.57 bits per heavy atom. The van der Waals surface area contributed by atoms with Crippen molar-refractivity contribution in [3.05, 3.63) is 63.6 Å². The molecule has 0 aromatic heterocycles. The first-order valence-corrected chi connectivity index (χ1v) is 9.96. The Balaban J connectivity index is 2.01. The number of carboxylic acid groups (broad SMARTS) is 1. The molecule has 2 N–H and O–H groups in total. The van der Waals surface area contributed by atoms with Crippen LogP contribution in [0.15, 0.2) is 47.5 Å². The number of aliphatic carboxylic acids is 1. The van der Waals surface area contributed by atoms with Gasteiger partial charge in [0.25, 0.3) is 0 Å². The Morgan fingerprint density at radius 1 is 1.18 bits per heavy atom. The van der Waals surface area contributed by atoms with Gasteiger partial charge in [-0.2, -0.15) is 0 Å². The summed E-state index contributed by atoms with van der Waals surface area (Å²) in [5.41, 5.74) is 2.83. The van der Waals surface area contributed by atoms with E-state index in [2.05, 4.69) is 22.3 Å². The third kappa shape index (κ3) is 5.25. The first-order valence-electron chi connectivity index (χ1n) is 9.20. The number of hydrogen-bond donors (Lipinski definition) is 2. The summed E-state index contributed by atoms with van der Waals surface area (Å²) in [6, 6.07) is 13.2. The summed E-state index contributed by atoms with van der Waals surface area (Å²) in [7, 11) is 2.12. The number of benzene rings is 2. The molecule has 28 heavy (non-hydrogen) atoms. The maximum Gasteiger partial charge on any atom is 0.325 e. The number of rotatable bonds is 6. The van der Waals surface area contributed by atoms with E-state index < -0.39 is 5.97 Å². The van der Waals surface area contributed by atoms with E-state index in [4.69, 9.17) is 28.3 Å². The van der Waals surface area contributed by atoms with Gasteiger partial charge in [-0.15, -0.1) is 0 Å². The quantitative estimate of drug-likeness (QED) is 0.679. The van der Waals surface area contributed by atoms with Crippen LogP contribution in [0.5, 0.6) is 0 Å². The smallest absolute Gasteiger partial charge is 0.325 e. The molecule has 0 atom stereocenters. The third-order valence-electron chi connectivity index (χ3n) is 4.82. The maximum absolute atomic E-state index is 11.2. The standard InChI is InChI=1S/C21H23Cl2N3O2/c1-26-10-8-15(9-11-26)25-19-7-6-14(22)12-17(19)21(24-13-20(27)28)16-4-2-3-5-18(16)23/h2-7,12,15,25H,8-11,13H2,1H3,(H,27,28)/b24-21+. The zero-order valence-corrected chi connectivity index (χ0v) is 17.2. The Bertz CT molecular complexity index is 878. The molecule has 0 radical (unpaired) electrons. The number of halogens is 2. The van der Waals surface area contributed by atoms with Gasteiger partial charge in [-0.25, -0.2) is 0 Å². The summed E-state index contributed by atoms with van der Waals surface area (Å²) >= 11 is 12.7. The number of anilines is 1. The van der Waals surface area contributed by atoms with Gasteiger partial charge in [0.05, 0.1) is 5.71 Å². The van der Waals surface area contributed by atoms with Crippen LogP contribution in [0.3, 0.4) is 0 Å². The van der Waals surface area contributed by atoms with Crippen LogP contribution in [0, 0.1) is 0 Å². The topological polar surface area (TPSA) is 64.9 Å². The van der Waals surface area contributed by atoms with Crippen molar-refractivity contribution >= 4 is 40.6 Å². The van der Waals surface area contributed by atoms with Crippen molar-refractivity contribution in [3.8, 4) is 0 Å². The van der Waals surface area contributed by atoms with Gasteiger partial charge >= 0.3 is 5.97 Å². The predicted octanol–water partition coefficient (Wildman–Crippen LogP) is 4.42. The summed E-state index contributed by atoms with van der Waals surface area (Å²) in [6.07, 6.45) is 2.07. The summed E-state index contributed by atoms with van der Waals surface area (Å²) in [5.74, 6) is -1.00. The van der Waals surface area contributed by atoms with Gasteiger partial charge in [0.2, 0.25) is 0 Å². The molecule has 5 nitrogen and oxygen atoms in total. The van der Waals surface area contributed by atoms with Crippen LogP contribution in [-0.2, 0) is 4.79 Å². The molecule has 0 spiro atoms. The molecule has 0 unspecified atom stereocenters. The zero-order chi connectivity index (χ0) is 20.1. The van der Waals surface area contributed by atoms with E-state index in [0.29, 0.717) is 27.4 Å². The van der Waals surface area contributed by atoms with Crippen molar-refractivity contribution in [2.75, 3.05) is 32.0 Å². The second-order valence-corrected chi connectivity index (χ2v) is 7.79. The van der Waals surface area contributed by atoms with Crippen molar-refractivity contribution in [2.45, 2.75) is 18.9 Å². The Labute approximate surface area is 175 Å². The molecule has 1 saturated heterocycles. The summed E-state index contributed by atoms with van der Waals surface area (Å²) in [5, 5.41) is 13.8. The van der Waals surface area contributed by atoms with Gasteiger partial charge in [-0.3, -0.25) is 9.79 Å². The highest BCUT2D eigenvalue weighted by atomic mass is 35.5. The SMILES string of the molecule is CN1CCC(Nc2ccc(Cl)cc2/C(=N/CC(=O)O)c2ccccc2Cl)CC1. The molecular formula is C21H23Cl2N3O2. The lowest BCUT2D eigenvalue weighted by atomic mass is 9.98. The van der Waals surface area contributed by atoms with Crippen LogP contribution in [-0.4, -0.2) is 54.4 Å². The Kier molecular flexibility index (Phi) is 6.94. The average molecular weight is 420 g/mol. The van der Waals surface area contributed by atoms with Crippen molar-refractivity contribution < 1.29 is 9.90 Å². The molecule has 1 aliphatic rings. The second-order valence-electron chi connectivity index (χ2n) is 6.95. The lowest BCUT2D eigenvalue weighted by molar-refractivity contribution is -0.135. The largest absolute Gasteiger partial charge is 0.480 e. The average Bonchev–Trinajstić information content (AvgIpc) is 2.66. The minimum absolute atomic E-state index is 0.336. The van der Waals surface area contributed by atoms with Gasteiger partial charge in [0.15, 0.2) is 0 Å². The molecule has 2 aromatic rings. The zero-order valence-electron chi connectivity index (χ0n) is 15.7. The second kappa shape index (κ2) is 9.41. The van der Waals surface area contributed by atoms with E-state index in [1.54, 1.807) is 6.07 Å². The molecule has 0 amide bonds. The fraction of sp³-hybridized carbons (Fsp3) is 0.333. The molecule has 148 valence electrons. The number of piperidine rings is 1. The van der Waals surface area contributed by atoms with E-state index >= 15 is 0 Å². The van der Waals surface area contributed by atoms with Crippen LogP contribution in [0.25, 0.3) is 0 Å². The number of aliphatic imine (C=N–C) groups is 1. The van der Waals surface area contributed by atoms with Gasteiger partial charge < -0.3 is 15.3 Å². The maximum atomic E-state index is 11.2. The summed E-state index contributed by atoms with van der Waals surface area (Å²) in [6.45, 7) is 1.72. The van der Waals surface area contributed by atoms with E-state index in [1.807, 2.05) is 36.4 Å². The number of nitrogens with one attached hydrogen (secondary N) is 1. The molecule has 2 aromatic carbocycles.